The summed E-state index contributed by atoms with van der Waals surface area (Å²) in [6, 6.07) is 14.3. The SMILES string of the molecule is Br.COC(=O)COc1ccc(C(=O)Cn2c(=N)n(CCN(C)C)c3ccccc32)cc1. The summed E-state index contributed by atoms with van der Waals surface area (Å²) in [5.74, 6) is -0.102. The summed E-state index contributed by atoms with van der Waals surface area (Å²) in [5, 5.41) is 8.61. The predicted octanol–water partition coefficient (Wildman–Crippen LogP) is 2.50. The van der Waals surface area contributed by atoms with Crippen LogP contribution in [0.15, 0.2) is 48.5 Å². The highest BCUT2D eigenvalue weighted by atomic mass is 79.9. The molecule has 0 amide bonds. The number of carbonyl (C=O) groups is 2. The molecule has 1 N–H and O–H groups in total. The zero-order valence-corrected chi connectivity index (χ0v) is 19.5. The van der Waals surface area contributed by atoms with Gasteiger partial charge in [-0.25, -0.2) is 4.79 Å². The van der Waals surface area contributed by atoms with Gasteiger partial charge in [0.2, 0.25) is 5.62 Å². The molecule has 0 aliphatic rings. The van der Waals surface area contributed by atoms with Gasteiger partial charge in [0.15, 0.2) is 12.4 Å². The van der Waals surface area contributed by atoms with Crippen LogP contribution >= 0.6 is 17.0 Å². The first-order chi connectivity index (χ1) is 14.4. The van der Waals surface area contributed by atoms with Crippen LogP contribution in [-0.2, 0) is 22.6 Å². The van der Waals surface area contributed by atoms with Gasteiger partial charge in [0.1, 0.15) is 5.75 Å². The number of carbonyl (C=O) groups excluding carboxylic acids is 2. The van der Waals surface area contributed by atoms with Gasteiger partial charge in [-0.2, -0.15) is 0 Å². The first-order valence-corrected chi connectivity index (χ1v) is 9.61. The fourth-order valence-electron chi connectivity index (χ4n) is 3.15. The number of fused-ring (bicyclic) bond motifs is 1. The summed E-state index contributed by atoms with van der Waals surface area (Å²) in [7, 11) is 5.28. The largest absolute Gasteiger partial charge is 0.482 e. The van der Waals surface area contributed by atoms with E-state index in [1.54, 1.807) is 28.8 Å². The van der Waals surface area contributed by atoms with Crippen LogP contribution in [0.3, 0.4) is 0 Å². The number of imidazole rings is 1. The molecule has 0 unspecified atom stereocenters. The van der Waals surface area contributed by atoms with Gasteiger partial charge in [-0.05, 0) is 50.5 Å². The maximum atomic E-state index is 12.9. The van der Waals surface area contributed by atoms with E-state index in [1.165, 1.54) is 7.11 Å². The second-order valence-electron chi connectivity index (χ2n) is 7.17. The van der Waals surface area contributed by atoms with Crippen LogP contribution in [0.4, 0.5) is 0 Å². The van der Waals surface area contributed by atoms with Crippen LogP contribution in [-0.4, -0.2) is 60.1 Å². The van der Waals surface area contributed by atoms with Crippen molar-refractivity contribution in [2.24, 2.45) is 0 Å². The topological polar surface area (TPSA) is 89.5 Å². The summed E-state index contributed by atoms with van der Waals surface area (Å²) in [5.41, 5.74) is 2.60. The quantitative estimate of drug-likeness (QED) is 0.367. The number of rotatable bonds is 9. The summed E-state index contributed by atoms with van der Waals surface area (Å²) in [6.45, 7) is 1.34. The van der Waals surface area contributed by atoms with Gasteiger partial charge in [0.05, 0.1) is 24.7 Å². The third kappa shape index (κ3) is 5.83. The lowest BCUT2D eigenvalue weighted by atomic mass is 10.1. The number of aromatic nitrogens is 2. The van der Waals surface area contributed by atoms with E-state index in [1.807, 2.05) is 42.9 Å². The van der Waals surface area contributed by atoms with Crippen LogP contribution < -0.4 is 10.4 Å². The van der Waals surface area contributed by atoms with Crippen molar-refractivity contribution in [2.75, 3.05) is 34.4 Å². The number of para-hydroxylation sites is 2. The molecule has 0 radical (unpaired) electrons. The maximum Gasteiger partial charge on any atom is 0.343 e. The predicted molar refractivity (Wildman–Crippen MR) is 123 cm³/mol. The van der Waals surface area contributed by atoms with Gasteiger partial charge in [0, 0.05) is 18.7 Å². The van der Waals surface area contributed by atoms with E-state index in [9.17, 15) is 9.59 Å². The third-order valence-electron chi connectivity index (χ3n) is 4.81. The number of methoxy groups -OCH3 is 1. The number of nitrogens with zero attached hydrogens (tertiary/aromatic N) is 3. The molecule has 166 valence electrons. The zero-order chi connectivity index (χ0) is 21.7. The summed E-state index contributed by atoms with van der Waals surface area (Å²) < 4.78 is 13.5. The normalized spacial score (nSPS) is 10.7. The molecular formula is C22H27BrN4O4. The van der Waals surface area contributed by atoms with Crippen LogP contribution in [0.5, 0.6) is 5.75 Å². The first kappa shape index (κ1) is 24.4. The molecule has 0 spiro atoms. The smallest absolute Gasteiger partial charge is 0.343 e. The fourth-order valence-corrected chi connectivity index (χ4v) is 3.15. The minimum Gasteiger partial charge on any atom is -0.482 e. The Labute approximate surface area is 191 Å². The first-order valence-electron chi connectivity index (χ1n) is 9.61. The molecule has 0 saturated carbocycles. The van der Waals surface area contributed by atoms with E-state index >= 15 is 0 Å². The molecule has 0 fully saturated rings. The second kappa shape index (κ2) is 10.9. The van der Waals surface area contributed by atoms with Crippen LogP contribution in [0.1, 0.15) is 10.4 Å². The van der Waals surface area contributed by atoms with Crippen molar-refractivity contribution in [2.45, 2.75) is 13.1 Å². The molecule has 0 aliphatic heterocycles. The monoisotopic (exact) mass is 490 g/mol. The molecule has 8 nitrogen and oxygen atoms in total. The molecular weight excluding hydrogens is 464 g/mol. The Morgan fingerprint density at radius 3 is 2.19 bits per heavy atom. The van der Waals surface area contributed by atoms with Crippen LogP contribution in [0.25, 0.3) is 11.0 Å². The number of halogens is 1. The Hall–Kier alpha value is -2.91. The van der Waals surface area contributed by atoms with Crippen molar-refractivity contribution in [3.05, 3.63) is 59.7 Å². The Morgan fingerprint density at radius 1 is 1.00 bits per heavy atom. The summed E-state index contributed by atoms with van der Waals surface area (Å²) in [4.78, 5) is 26.1. The molecule has 1 heterocycles. The lowest BCUT2D eigenvalue weighted by Gasteiger charge is -2.10. The minimum atomic E-state index is -0.472. The van der Waals surface area contributed by atoms with Crippen LogP contribution in [0, 0.1) is 5.41 Å². The van der Waals surface area contributed by atoms with Gasteiger partial charge >= 0.3 is 5.97 Å². The van der Waals surface area contributed by atoms with Crippen molar-refractivity contribution in [1.82, 2.24) is 14.0 Å². The molecule has 3 rings (SSSR count). The van der Waals surface area contributed by atoms with Gasteiger partial charge in [-0.1, -0.05) is 12.1 Å². The molecule has 1 aromatic heterocycles. The number of Topliss-reactive ketones (excluding diaryl/α,β-unsaturated/α-hetero) is 1. The standard InChI is InChI=1S/C22H26N4O4.BrH/c1-24(2)12-13-25-18-6-4-5-7-19(18)26(22(25)23)14-20(27)16-8-10-17(11-9-16)30-15-21(28)29-3;/h4-11,23H,12-15H2,1-3H3;1H. The molecule has 0 saturated heterocycles. The van der Waals surface area contributed by atoms with Crippen molar-refractivity contribution >= 4 is 39.8 Å². The summed E-state index contributed by atoms with van der Waals surface area (Å²) >= 11 is 0. The van der Waals surface area contributed by atoms with E-state index in [0.29, 0.717) is 23.5 Å². The van der Waals surface area contributed by atoms with Crippen molar-refractivity contribution in [1.29, 1.82) is 5.41 Å². The molecule has 9 heteroatoms. The number of hydrogen-bond donors (Lipinski definition) is 1. The van der Waals surface area contributed by atoms with E-state index in [0.717, 1.165) is 17.6 Å². The van der Waals surface area contributed by atoms with E-state index in [4.69, 9.17) is 10.1 Å². The highest BCUT2D eigenvalue weighted by Gasteiger charge is 2.15. The van der Waals surface area contributed by atoms with E-state index in [-0.39, 0.29) is 35.9 Å². The van der Waals surface area contributed by atoms with Crippen molar-refractivity contribution < 1.29 is 19.1 Å². The van der Waals surface area contributed by atoms with E-state index in [2.05, 4.69) is 9.64 Å². The lowest BCUT2D eigenvalue weighted by Crippen LogP contribution is -2.30. The number of hydrogen-bond acceptors (Lipinski definition) is 6. The highest BCUT2D eigenvalue weighted by molar-refractivity contribution is 8.93. The Morgan fingerprint density at radius 2 is 1.61 bits per heavy atom. The summed E-state index contributed by atoms with van der Waals surface area (Å²) in [6.07, 6.45) is 0. The van der Waals surface area contributed by atoms with Gasteiger partial charge in [-0.15, -0.1) is 17.0 Å². The maximum absolute atomic E-state index is 12.9. The van der Waals surface area contributed by atoms with Gasteiger partial charge < -0.3 is 23.5 Å². The number of benzene rings is 2. The number of ether oxygens (including phenoxy) is 2. The average Bonchev–Trinajstić information content (AvgIpc) is 3.01. The third-order valence-corrected chi connectivity index (χ3v) is 4.81. The molecule has 2 aromatic carbocycles. The van der Waals surface area contributed by atoms with Gasteiger partial charge in [-0.3, -0.25) is 10.2 Å². The molecule has 0 bridgehead atoms. The molecule has 0 aliphatic carbocycles. The minimum absolute atomic E-state index is 0. The van der Waals surface area contributed by atoms with Crippen molar-refractivity contribution in [3.8, 4) is 5.75 Å². The second-order valence-corrected chi connectivity index (χ2v) is 7.17. The molecule has 31 heavy (non-hydrogen) atoms. The highest BCUT2D eigenvalue weighted by Crippen LogP contribution is 2.16. The van der Waals surface area contributed by atoms with E-state index < -0.39 is 5.97 Å². The van der Waals surface area contributed by atoms with Gasteiger partial charge in [0.25, 0.3) is 0 Å². The van der Waals surface area contributed by atoms with Crippen molar-refractivity contribution in [3.63, 3.8) is 0 Å². The Balaban J connectivity index is 0.00000341. The number of nitrogens with one attached hydrogen (secondary N) is 1. The zero-order valence-electron chi connectivity index (χ0n) is 17.8. The average molecular weight is 491 g/mol. The number of likely N-dealkylation sites (N-methyl/N-ethyl adjacent to an activating group) is 1. The number of ketones is 1. The number of esters is 1. The van der Waals surface area contributed by atoms with Crippen LogP contribution in [0.2, 0.25) is 0 Å². The molecule has 0 atom stereocenters. The fraction of sp³-hybridized carbons (Fsp3) is 0.318. The Bertz CT molecular complexity index is 1100. The molecule has 3 aromatic rings. The Kier molecular flexibility index (Phi) is 8.58. The lowest BCUT2D eigenvalue weighted by molar-refractivity contribution is -0.142.